The molecule has 0 heterocycles. The van der Waals surface area contributed by atoms with Gasteiger partial charge in [-0.1, -0.05) is 18.2 Å². The third kappa shape index (κ3) is 5.67. The van der Waals surface area contributed by atoms with Crippen molar-refractivity contribution in [2.75, 3.05) is 20.6 Å². The van der Waals surface area contributed by atoms with Crippen LogP contribution in [-0.2, 0) is 9.59 Å². The molecule has 20 heavy (non-hydrogen) atoms. The van der Waals surface area contributed by atoms with Crippen molar-refractivity contribution in [1.29, 1.82) is 0 Å². The molecule has 0 spiro atoms. The molecule has 0 bridgehead atoms. The van der Waals surface area contributed by atoms with E-state index in [0.717, 1.165) is 17.2 Å². The average molecular weight is 276 g/mol. The van der Waals surface area contributed by atoms with Gasteiger partial charge < -0.3 is 15.3 Å². The Balaban J connectivity index is 2.73. The standard InChI is InChI=1S/C15H20N2O3/c1-11(16-14(18)10-17(2)3)13-6-4-5-12(9-13)7-8-15(19)20/h4-9,11H,10H2,1-3H3,(H,16,18)(H,19,20)/b8-7+. The highest BCUT2D eigenvalue weighted by atomic mass is 16.4. The highest BCUT2D eigenvalue weighted by Gasteiger charge is 2.10. The molecule has 0 radical (unpaired) electrons. The van der Waals surface area contributed by atoms with Crippen LogP contribution in [0.2, 0.25) is 0 Å². The summed E-state index contributed by atoms with van der Waals surface area (Å²) in [6, 6.07) is 7.29. The number of carbonyl (C=O) groups is 2. The van der Waals surface area contributed by atoms with E-state index in [1.165, 1.54) is 6.08 Å². The highest BCUT2D eigenvalue weighted by molar-refractivity contribution is 5.85. The maximum atomic E-state index is 11.7. The number of hydrogen-bond acceptors (Lipinski definition) is 3. The molecule has 0 saturated carbocycles. The molecule has 0 aliphatic carbocycles. The van der Waals surface area contributed by atoms with E-state index in [1.54, 1.807) is 4.90 Å². The third-order valence-corrected chi connectivity index (χ3v) is 2.67. The number of aliphatic carboxylic acids is 1. The summed E-state index contributed by atoms with van der Waals surface area (Å²) in [7, 11) is 3.67. The molecule has 5 nitrogen and oxygen atoms in total. The molecule has 0 aliphatic rings. The van der Waals surface area contributed by atoms with Gasteiger partial charge in [0, 0.05) is 6.08 Å². The van der Waals surface area contributed by atoms with Crippen LogP contribution in [0, 0.1) is 0 Å². The maximum absolute atomic E-state index is 11.7. The van der Waals surface area contributed by atoms with E-state index in [-0.39, 0.29) is 11.9 Å². The number of nitrogens with zero attached hydrogens (tertiary/aromatic N) is 1. The van der Waals surface area contributed by atoms with Gasteiger partial charge in [0.15, 0.2) is 0 Å². The van der Waals surface area contributed by atoms with Crippen LogP contribution in [0.15, 0.2) is 30.3 Å². The van der Waals surface area contributed by atoms with E-state index in [1.807, 2.05) is 45.3 Å². The van der Waals surface area contributed by atoms with Gasteiger partial charge in [-0.2, -0.15) is 0 Å². The van der Waals surface area contributed by atoms with Crippen molar-refractivity contribution < 1.29 is 14.7 Å². The number of benzene rings is 1. The third-order valence-electron chi connectivity index (χ3n) is 2.67. The molecule has 2 N–H and O–H groups in total. The summed E-state index contributed by atoms with van der Waals surface area (Å²) in [6.45, 7) is 2.23. The van der Waals surface area contributed by atoms with E-state index >= 15 is 0 Å². The van der Waals surface area contributed by atoms with Crippen LogP contribution >= 0.6 is 0 Å². The second-order valence-electron chi connectivity index (χ2n) is 4.87. The summed E-state index contributed by atoms with van der Waals surface area (Å²) in [6.07, 6.45) is 2.62. The van der Waals surface area contributed by atoms with Gasteiger partial charge in [-0.25, -0.2) is 4.79 Å². The number of carbonyl (C=O) groups excluding carboxylic acids is 1. The van der Waals surface area contributed by atoms with Gasteiger partial charge in [0.2, 0.25) is 5.91 Å². The van der Waals surface area contributed by atoms with E-state index in [9.17, 15) is 9.59 Å². The summed E-state index contributed by atoms with van der Waals surface area (Å²) in [4.78, 5) is 24.0. The van der Waals surface area contributed by atoms with Crippen LogP contribution in [0.4, 0.5) is 0 Å². The zero-order valence-corrected chi connectivity index (χ0v) is 12.0. The molecule has 0 aliphatic heterocycles. The highest BCUT2D eigenvalue weighted by Crippen LogP contribution is 2.15. The lowest BCUT2D eigenvalue weighted by Gasteiger charge is -2.16. The molecular formula is C15H20N2O3. The Labute approximate surface area is 118 Å². The van der Waals surface area contributed by atoms with Gasteiger partial charge in [0.25, 0.3) is 0 Å². The van der Waals surface area contributed by atoms with Crippen LogP contribution in [0.3, 0.4) is 0 Å². The second kappa shape index (κ2) is 7.45. The molecule has 1 atom stereocenters. The fourth-order valence-corrected chi connectivity index (χ4v) is 1.76. The lowest BCUT2D eigenvalue weighted by Crippen LogP contribution is -2.34. The first-order valence-corrected chi connectivity index (χ1v) is 6.33. The van der Waals surface area contributed by atoms with Gasteiger partial charge in [-0.05, 0) is 44.3 Å². The number of likely N-dealkylation sites (N-methyl/N-ethyl adjacent to an activating group) is 1. The largest absolute Gasteiger partial charge is 0.478 e. The van der Waals surface area contributed by atoms with Gasteiger partial charge in [0.05, 0.1) is 12.6 Å². The van der Waals surface area contributed by atoms with Gasteiger partial charge >= 0.3 is 5.97 Å². The molecule has 0 aromatic heterocycles. The molecule has 0 saturated heterocycles. The zero-order chi connectivity index (χ0) is 15.1. The Hall–Kier alpha value is -2.14. The molecule has 1 rings (SSSR count). The van der Waals surface area contributed by atoms with Crippen molar-refractivity contribution in [3.63, 3.8) is 0 Å². The van der Waals surface area contributed by atoms with Gasteiger partial charge in [0.1, 0.15) is 0 Å². The Morgan fingerprint density at radius 1 is 1.40 bits per heavy atom. The summed E-state index contributed by atoms with van der Waals surface area (Å²) >= 11 is 0. The minimum Gasteiger partial charge on any atom is -0.478 e. The summed E-state index contributed by atoms with van der Waals surface area (Å²) in [5.41, 5.74) is 1.73. The summed E-state index contributed by atoms with van der Waals surface area (Å²) < 4.78 is 0. The number of carboxylic acid groups (broad SMARTS) is 1. The van der Waals surface area contributed by atoms with Crippen LogP contribution < -0.4 is 5.32 Å². The van der Waals surface area contributed by atoms with E-state index < -0.39 is 5.97 Å². The number of hydrogen-bond donors (Lipinski definition) is 2. The predicted molar refractivity (Wildman–Crippen MR) is 78.2 cm³/mol. The van der Waals surface area contributed by atoms with E-state index in [0.29, 0.717) is 6.54 Å². The fraction of sp³-hybridized carbons (Fsp3) is 0.333. The number of amides is 1. The van der Waals surface area contributed by atoms with Crippen molar-refractivity contribution in [2.45, 2.75) is 13.0 Å². The smallest absolute Gasteiger partial charge is 0.328 e. The fourth-order valence-electron chi connectivity index (χ4n) is 1.76. The number of nitrogens with one attached hydrogen (secondary N) is 1. The molecule has 1 aromatic carbocycles. The van der Waals surface area contributed by atoms with Crippen molar-refractivity contribution in [1.82, 2.24) is 10.2 Å². The van der Waals surface area contributed by atoms with Gasteiger partial charge in [-0.3, -0.25) is 4.79 Å². The quantitative estimate of drug-likeness (QED) is 0.773. The molecule has 1 amide bonds. The SMILES string of the molecule is CC(NC(=O)CN(C)C)c1cccc(/C=C/C(=O)O)c1. The molecule has 108 valence electrons. The lowest BCUT2D eigenvalue weighted by atomic mass is 10.0. The molecule has 1 aromatic rings. The molecule has 1 unspecified atom stereocenters. The molecular weight excluding hydrogens is 256 g/mol. The predicted octanol–water partition coefficient (Wildman–Crippen LogP) is 1.52. The molecule has 5 heteroatoms. The van der Waals surface area contributed by atoms with Crippen molar-refractivity contribution in [3.8, 4) is 0 Å². The first kappa shape index (κ1) is 15.9. The number of carboxylic acids is 1. The Morgan fingerprint density at radius 2 is 2.10 bits per heavy atom. The topological polar surface area (TPSA) is 69.6 Å². The zero-order valence-electron chi connectivity index (χ0n) is 12.0. The van der Waals surface area contributed by atoms with Crippen molar-refractivity contribution in [3.05, 3.63) is 41.5 Å². The van der Waals surface area contributed by atoms with Crippen molar-refractivity contribution in [2.24, 2.45) is 0 Å². The first-order valence-electron chi connectivity index (χ1n) is 6.33. The Bertz CT molecular complexity index is 510. The minimum absolute atomic E-state index is 0.0472. The normalized spacial score (nSPS) is 12.6. The second-order valence-corrected chi connectivity index (χ2v) is 4.87. The van der Waals surface area contributed by atoms with Crippen LogP contribution in [0.25, 0.3) is 6.08 Å². The summed E-state index contributed by atoms with van der Waals surface area (Å²) in [5.74, 6) is -1.03. The van der Waals surface area contributed by atoms with E-state index in [4.69, 9.17) is 5.11 Å². The maximum Gasteiger partial charge on any atom is 0.328 e. The van der Waals surface area contributed by atoms with Crippen molar-refractivity contribution >= 4 is 18.0 Å². The first-order chi connectivity index (χ1) is 9.38. The Kier molecular flexibility index (Phi) is 5.93. The Morgan fingerprint density at radius 3 is 2.70 bits per heavy atom. The van der Waals surface area contributed by atoms with E-state index in [2.05, 4.69) is 5.32 Å². The minimum atomic E-state index is -0.984. The van der Waals surface area contributed by atoms with Gasteiger partial charge in [-0.15, -0.1) is 0 Å². The molecule has 0 fully saturated rings. The van der Waals surface area contributed by atoms with Crippen LogP contribution in [0.1, 0.15) is 24.1 Å². The van der Waals surface area contributed by atoms with Crippen LogP contribution in [-0.4, -0.2) is 42.5 Å². The monoisotopic (exact) mass is 276 g/mol. The van der Waals surface area contributed by atoms with Crippen LogP contribution in [0.5, 0.6) is 0 Å². The number of rotatable bonds is 6. The lowest BCUT2D eigenvalue weighted by molar-refractivity contribution is -0.131. The average Bonchev–Trinajstić information content (AvgIpc) is 2.35. The summed E-state index contributed by atoms with van der Waals surface area (Å²) in [5, 5.41) is 11.5.